The number of benzene rings is 1. The molecule has 0 atom stereocenters. The minimum atomic E-state index is 0.937. The van der Waals surface area contributed by atoms with Crippen molar-refractivity contribution in [2.75, 3.05) is 0 Å². The Kier molecular flexibility index (Phi) is 9.66. The molecule has 1 saturated carbocycles. The second-order valence-electron chi connectivity index (χ2n) is 8.61. The average Bonchev–Trinajstić information content (AvgIpc) is 2.66. The molecule has 0 spiro atoms. The van der Waals surface area contributed by atoms with Gasteiger partial charge in [-0.3, -0.25) is 0 Å². The van der Waals surface area contributed by atoms with E-state index in [1.54, 1.807) is 5.56 Å². The highest BCUT2D eigenvalue weighted by Crippen LogP contribution is 2.33. The van der Waals surface area contributed by atoms with Gasteiger partial charge in [0.15, 0.2) is 0 Å². The molecular formula is C25H42. The van der Waals surface area contributed by atoms with Gasteiger partial charge >= 0.3 is 0 Å². The lowest BCUT2D eigenvalue weighted by molar-refractivity contribution is 0.252. The van der Waals surface area contributed by atoms with Crippen LogP contribution in [-0.2, 0) is 12.8 Å². The van der Waals surface area contributed by atoms with Crippen LogP contribution >= 0.6 is 0 Å². The average molecular weight is 343 g/mol. The van der Waals surface area contributed by atoms with E-state index in [9.17, 15) is 0 Å². The summed E-state index contributed by atoms with van der Waals surface area (Å²) in [4.78, 5) is 0. The lowest BCUT2D eigenvalue weighted by atomic mass is 9.78. The van der Waals surface area contributed by atoms with Crippen molar-refractivity contribution in [3.63, 3.8) is 0 Å². The molecule has 0 nitrogen and oxygen atoms in total. The fraction of sp³-hybridized carbons (Fsp3) is 0.760. The number of hydrogen-bond acceptors (Lipinski definition) is 0. The predicted octanol–water partition coefficient (Wildman–Crippen LogP) is 7.98. The molecule has 0 amide bonds. The third-order valence-corrected chi connectivity index (χ3v) is 6.76. The molecule has 0 radical (unpaired) electrons. The Hall–Kier alpha value is -0.780. The van der Waals surface area contributed by atoms with E-state index in [2.05, 4.69) is 45.0 Å². The Labute approximate surface area is 157 Å². The quantitative estimate of drug-likeness (QED) is 0.382. The normalized spacial score (nSPS) is 21.0. The van der Waals surface area contributed by atoms with Crippen molar-refractivity contribution in [1.29, 1.82) is 0 Å². The van der Waals surface area contributed by atoms with Gasteiger partial charge in [0.25, 0.3) is 0 Å². The van der Waals surface area contributed by atoms with Crippen LogP contribution in [0.15, 0.2) is 24.3 Å². The third-order valence-electron chi connectivity index (χ3n) is 6.76. The van der Waals surface area contributed by atoms with E-state index in [1.165, 1.54) is 89.0 Å². The molecule has 142 valence electrons. The second kappa shape index (κ2) is 11.8. The van der Waals surface area contributed by atoms with Crippen LogP contribution in [0, 0.1) is 17.8 Å². The summed E-state index contributed by atoms with van der Waals surface area (Å²) in [5.74, 6) is 2.97. The van der Waals surface area contributed by atoms with Crippen LogP contribution in [0.1, 0.15) is 103 Å². The first-order chi connectivity index (χ1) is 12.2. The molecule has 2 rings (SSSR count). The van der Waals surface area contributed by atoms with Gasteiger partial charge in [0.05, 0.1) is 0 Å². The summed E-state index contributed by atoms with van der Waals surface area (Å²) in [5, 5.41) is 0. The van der Waals surface area contributed by atoms with Crippen LogP contribution in [0.25, 0.3) is 0 Å². The standard InChI is InChI=1S/C25H42/c1-4-8-22-11-15-24(16-12-22)19-20-25-17-13-23(14-18-25)10-7-9-21(5-2)6-3/h13-14,17-18,21-22,24H,4-12,15-16,19-20H2,1-3H3. The van der Waals surface area contributed by atoms with Gasteiger partial charge in [0.2, 0.25) is 0 Å². The van der Waals surface area contributed by atoms with Crippen molar-refractivity contribution in [2.24, 2.45) is 17.8 Å². The van der Waals surface area contributed by atoms with Gasteiger partial charge < -0.3 is 0 Å². The van der Waals surface area contributed by atoms with Crippen LogP contribution in [0.3, 0.4) is 0 Å². The molecule has 0 saturated heterocycles. The zero-order chi connectivity index (χ0) is 17.9. The van der Waals surface area contributed by atoms with Crippen molar-refractivity contribution in [2.45, 2.75) is 104 Å². The molecule has 1 aromatic rings. The smallest absolute Gasteiger partial charge is 0.0276 e. The van der Waals surface area contributed by atoms with Gasteiger partial charge in [0.1, 0.15) is 0 Å². The van der Waals surface area contributed by atoms with Gasteiger partial charge in [-0.1, -0.05) is 103 Å². The zero-order valence-corrected chi connectivity index (χ0v) is 17.2. The van der Waals surface area contributed by atoms with Gasteiger partial charge in [-0.05, 0) is 54.6 Å². The summed E-state index contributed by atoms with van der Waals surface area (Å²) < 4.78 is 0. The third kappa shape index (κ3) is 7.55. The fourth-order valence-electron chi connectivity index (χ4n) is 4.75. The van der Waals surface area contributed by atoms with Gasteiger partial charge in [-0.25, -0.2) is 0 Å². The number of hydrogen-bond donors (Lipinski definition) is 0. The summed E-state index contributed by atoms with van der Waals surface area (Å²) in [5.41, 5.74) is 3.09. The van der Waals surface area contributed by atoms with E-state index in [-0.39, 0.29) is 0 Å². The first kappa shape index (κ1) is 20.5. The Bertz CT molecular complexity index is 432. The number of rotatable bonds is 11. The molecular weight excluding hydrogens is 300 g/mol. The molecule has 0 aliphatic heterocycles. The summed E-state index contributed by atoms with van der Waals surface area (Å²) in [6.45, 7) is 7.00. The number of aryl methyl sites for hydroxylation is 2. The summed E-state index contributed by atoms with van der Waals surface area (Å²) in [7, 11) is 0. The lowest BCUT2D eigenvalue weighted by Gasteiger charge is -2.28. The van der Waals surface area contributed by atoms with Crippen molar-refractivity contribution < 1.29 is 0 Å². The maximum atomic E-state index is 2.40. The molecule has 1 aromatic carbocycles. The maximum absolute atomic E-state index is 2.40. The molecule has 1 fully saturated rings. The molecule has 0 aromatic heterocycles. The maximum Gasteiger partial charge on any atom is -0.0276 e. The topological polar surface area (TPSA) is 0 Å². The van der Waals surface area contributed by atoms with E-state index in [1.807, 2.05) is 0 Å². The largest absolute Gasteiger partial charge is 0.0654 e. The first-order valence-corrected chi connectivity index (χ1v) is 11.3. The van der Waals surface area contributed by atoms with Crippen LogP contribution in [0.5, 0.6) is 0 Å². The Balaban J connectivity index is 1.65. The van der Waals surface area contributed by atoms with E-state index in [0.717, 1.165) is 17.8 Å². The van der Waals surface area contributed by atoms with Gasteiger partial charge in [-0.2, -0.15) is 0 Å². The Morgan fingerprint density at radius 3 is 1.80 bits per heavy atom. The fourth-order valence-corrected chi connectivity index (χ4v) is 4.75. The van der Waals surface area contributed by atoms with Crippen molar-refractivity contribution >= 4 is 0 Å². The predicted molar refractivity (Wildman–Crippen MR) is 112 cm³/mol. The van der Waals surface area contributed by atoms with Crippen molar-refractivity contribution in [3.8, 4) is 0 Å². The van der Waals surface area contributed by atoms with E-state index >= 15 is 0 Å². The van der Waals surface area contributed by atoms with Gasteiger partial charge in [-0.15, -0.1) is 0 Å². The van der Waals surface area contributed by atoms with Crippen LogP contribution in [0.4, 0.5) is 0 Å². The minimum Gasteiger partial charge on any atom is -0.0654 e. The highest BCUT2D eigenvalue weighted by molar-refractivity contribution is 5.22. The molecule has 1 aliphatic carbocycles. The molecule has 0 N–H and O–H groups in total. The second-order valence-corrected chi connectivity index (χ2v) is 8.61. The van der Waals surface area contributed by atoms with Crippen LogP contribution in [-0.4, -0.2) is 0 Å². The molecule has 0 bridgehead atoms. The van der Waals surface area contributed by atoms with Crippen LogP contribution < -0.4 is 0 Å². The summed E-state index contributed by atoms with van der Waals surface area (Å²) in [6, 6.07) is 9.57. The Morgan fingerprint density at radius 1 is 0.760 bits per heavy atom. The molecule has 0 heterocycles. The highest BCUT2D eigenvalue weighted by Gasteiger charge is 2.20. The SMILES string of the molecule is CCCC1CCC(CCc2ccc(CCCC(CC)CC)cc2)CC1. The summed E-state index contributed by atoms with van der Waals surface area (Å²) in [6.07, 6.45) is 18.2. The zero-order valence-electron chi connectivity index (χ0n) is 17.2. The van der Waals surface area contributed by atoms with E-state index in [0.29, 0.717) is 0 Å². The first-order valence-electron chi connectivity index (χ1n) is 11.3. The molecule has 0 heteroatoms. The van der Waals surface area contributed by atoms with Crippen molar-refractivity contribution in [1.82, 2.24) is 0 Å². The highest BCUT2D eigenvalue weighted by atomic mass is 14.3. The lowest BCUT2D eigenvalue weighted by Crippen LogP contribution is -2.15. The van der Waals surface area contributed by atoms with E-state index < -0.39 is 0 Å². The molecule has 1 aliphatic rings. The van der Waals surface area contributed by atoms with Crippen LogP contribution in [0.2, 0.25) is 0 Å². The Morgan fingerprint density at radius 2 is 1.28 bits per heavy atom. The van der Waals surface area contributed by atoms with E-state index in [4.69, 9.17) is 0 Å². The summed E-state index contributed by atoms with van der Waals surface area (Å²) >= 11 is 0. The monoisotopic (exact) mass is 342 g/mol. The molecule has 0 unspecified atom stereocenters. The van der Waals surface area contributed by atoms with Gasteiger partial charge in [0, 0.05) is 0 Å². The molecule has 25 heavy (non-hydrogen) atoms. The minimum absolute atomic E-state index is 0.937. The van der Waals surface area contributed by atoms with Crippen molar-refractivity contribution in [3.05, 3.63) is 35.4 Å².